The standard InChI is InChI=1S/C16H20ClNO3/c1-10-5-11(6-14(17)13(10)9-19)12-7-18(8-12)15(20)21-16(2,3)4/h5-6,9,12H,7-8H2,1-4H3. The second-order valence-corrected chi connectivity index (χ2v) is 6.84. The van der Waals surface area contributed by atoms with Gasteiger partial charge in [0.15, 0.2) is 6.29 Å². The highest BCUT2D eigenvalue weighted by Gasteiger charge is 2.34. The summed E-state index contributed by atoms with van der Waals surface area (Å²) in [4.78, 5) is 24.5. The van der Waals surface area contributed by atoms with Crippen LogP contribution in [-0.2, 0) is 4.74 Å². The Kier molecular flexibility index (Phi) is 4.28. The first-order valence-corrected chi connectivity index (χ1v) is 7.32. The molecule has 1 aliphatic rings. The van der Waals surface area contributed by atoms with Gasteiger partial charge < -0.3 is 9.64 Å². The second kappa shape index (κ2) is 5.68. The maximum Gasteiger partial charge on any atom is 0.410 e. The zero-order valence-electron chi connectivity index (χ0n) is 12.8. The van der Waals surface area contributed by atoms with E-state index in [1.807, 2.05) is 39.8 Å². The van der Waals surface area contributed by atoms with Crippen LogP contribution < -0.4 is 0 Å². The summed E-state index contributed by atoms with van der Waals surface area (Å²) in [6.45, 7) is 8.65. The van der Waals surface area contributed by atoms with Gasteiger partial charge in [-0.1, -0.05) is 17.7 Å². The van der Waals surface area contributed by atoms with Gasteiger partial charge in [-0.15, -0.1) is 0 Å². The lowest BCUT2D eigenvalue weighted by atomic mass is 9.90. The van der Waals surface area contributed by atoms with Crippen LogP contribution in [0, 0.1) is 6.92 Å². The summed E-state index contributed by atoms with van der Waals surface area (Å²) in [6, 6.07) is 3.78. The Morgan fingerprint density at radius 1 is 1.38 bits per heavy atom. The van der Waals surface area contributed by atoms with Crippen LogP contribution in [-0.4, -0.2) is 36.0 Å². The van der Waals surface area contributed by atoms with Crippen molar-refractivity contribution in [1.29, 1.82) is 0 Å². The number of nitrogens with zero attached hydrogens (tertiary/aromatic N) is 1. The predicted molar refractivity (Wildman–Crippen MR) is 82.1 cm³/mol. The van der Waals surface area contributed by atoms with Crippen molar-refractivity contribution in [2.24, 2.45) is 0 Å². The molecule has 1 heterocycles. The number of aryl methyl sites for hydroxylation is 1. The molecule has 4 nitrogen and oxygen atoms in total. The van der Waals surface area contributed by atoms with Crippen LogP contribution in [0.25, 0.3) is 0 Å². The Labute approximate surface area is 130 Å². The molecule has 21 heavy (non-hydrogen) atoms. The van der Waals surface area contributed by atoms with E-state index in [1.54, 1.807) is 4.90 Å². The molecule has 0 N–H and O–H groups in total. The summed E-state index contributed by atoms with van der Waals surface area (Å²) >= 11 is 6.11. The highest BCUT2D eigenvalue weighted by molar-refractivity contribution is 6.33. The monoisotopic (exact) mass is 309 g/mol. The molecule has 1 saturated heterocycles. The van der Waals surface area contributed by atoms with E-state index < -0.39 is 5.60 Å². The van der Waals surface area contributed by atoms with E-state index >= 15 is 0 Å². The molecule has 1 amide bonds. The van der Waals surface area contributed by atoms with Gasteiger partial charge in [0.1, 0.15) is 5.60 Å². The smallest absolute Gasteiger partial charge is 0.410 e. The minimum Gasteiger partial charge on any atom is -0.444 e. The quantitative estimate of drug-likeness (QED) is 0.781. The number of hydrogen-bond donors (Lipinski definition) is 0. The van der Waals surface area contributed by atoms with Crippen molar-refractivity contribution in [1.82, 2.24) is 4.90 Å². The van der Waals surface area contributed by atoms with Gasteiger partial charge in [0, 0.05) is 24.6 Å². The molecule has 0 atom stereocenters. The fourth-order valence-electron chi connectivity index (χ4n) is 2.33. The van der Waals surface area contributed by atoms with Gasteiger partial charge >= 0.3 is 6.09 Å². The maximum atomic E-state index is 11.9. The number of benzene rings is 1. The number of rotatable bonds is 2. The van der Waals surface area contributed by atoms with Crippen LogP contribution in [0.15, 0.2) is 12.1 Å². The Balaban J connectivity index is 2.02. The Morgan fingerprint density at radius 2 is 2.00 bits per heavy atom. The number of ether oxygens (including phenoxy) is 1. The molecule has 2 rings (SSSR count). The van der Waals surface area contributed by atoms with Gasteiger partial charge in [0.05, 0.1) is 5.02 Å². The Bertz CT molecular complexity index is 548. The SMILES string of the molecule is Cc1cc(C2CN(C(=O)OC(C)(C)C)C2)cc(Cl)c1C=O. The van der Waals surface area contributed by atoms with Gasteiger partial charge in [0.25, 0.3) is 0 Å². The van der Waals surface area contributed by atoms with E-state index in [2.05, 4.69) is 0 Å². The third kappa shape index (κ3) is 3.56. The van der Waals surface area contributed by atoms with Crippen molar-refractivity contribution in [3.05, 3.63) is 33.8 Å². The number of likely N-dealkylation sites (tertiary alicyclic amines) is 1. The summed E-state index contributed by atoms with van der Waals surface area (Å²) in [6.07, 6.45) is 0.487. The normalized spacial score (nSPS) is 15.6. The van der Waals surface area contributed by atoms with Crippen LogP contribution in [0.1, 0.15) is 48.2 Å². The number of aldehydes is 1. The van der Waals surface area contributed by atoms with E-state index in [4.69, 9.17) is 16.3 Å². The summed E-state index contributed by atoms with van der Waals surface area (Å²) in [5.74, 6) is 0.245. The van der Waals surface area contributed by atoms with Crippen LogP contribution in [0.4, 0.5) is 4.79 Å². The molecular weight excluding hydrogens is 290 g/mol. The third-order valence-electron chi connectivity index (χ3n) is 3.48. The average Bonchev–Trinajstić information content (AvgIpc) is 2.23. The molecule has 0 aliphatic carbocycles. The molecule has 5 heteroatoms. The van der Waals surface area contributed by atoms with Crippen LogP contribution in [0.2, 0.25) is 5.02 Å². The van der Waals surface area contributed by atoms with Crippen molar-refractivity contribution < 1.29 is 14.3 Å². The summed E-state index contributed by atoms with van der Waals surface area (Å²) in [5, 5.41) is 0.468. The minimum absolute atomic E-state index is 0.245. The number of halogens is 1. The lowest BCUT2D eigenvalue weighted by Crippen LogP contribution is -2.50. The van der Waals surface area contributed by atoms with Crippen molar-refractivity contribution >= 4 is 24.0 Å². The van der Waals surface area contributed by atoms with E-state index in [0.717, 1.165) is 17.4 Å². The lowest BCUT2D eigenvalue weighted by molar-refractivity contribution is 0.00819. The number of amides is 1. The molecule has 1 aliphatic heterocycles. The number of carbonyl (C=O) groups excluding carboxylic acids is 2. The molecule has 0 saturated carbocycles. The molecule has 1 aromatic carbocycles. The molecule has 0 spiro atoms. The lowest BCUT2D eigenvalue weighted by Gasteiger charge is -2.40. The zero-order valence-corrected chi connectivity index (χ0v) is 13.5. The Hall–Kier alpha value is -1.55. The second-order valence-electron chi connectivity index (χ2n) is 6.43. The van der Waals surface area contributed by atoms with Crippen molar-refractivity contribution in [2.45, 2.75) is 39.2 Å². The molecule has 0 unspecified atom stereocenters. The zero-order chi connectivity index (χ0) is 15.8. The van der Waals surface area contributed by atoms with Crippen LogP contribution in [0.3, 0.4) is 0 Å². The third-order valence-corrected chi connectivity index (χ3v) is 3.79. The highest BCUT2D eigenvalue weighted by atomic mass is 35.5. The van der Waals surface area contributed by atoms with Crippen molar-refractivity contribution in [2.75, 3.05) is 13.1 Å². The number of hydrogen-bond acceptors (Lipinski definition) is 3. The predicted octanol–water partition coefficient (Wildman–Crippen LogP) is 3.80. The van der Waals surface area contributed by atoms with Crippen molar-refractivity contribution in [3.8, 4) is 0 Å². The topological polar surface area (TPSA) is 46.6 Å². The first-order valence-electron chi connectivity index (χ1n) is 6.94. The van der Waals surface area contributed by atoms with Gasteiger partial charge in [-0.2, -0.15) is 0 Å². The fourth-order valence-corrected chi connectivity index (χ4v) is 2.65. The van der Waals surface area contributed by atoms with Crippen molar-refractivity contribution in [3.63, 3.8) is 0 Å². The summed E-state index contributed by atoms with van der Waals surface area (Å²) in [5.41, 5.74) is 1.98. The summed E-state index contributed by atoms with van der Waals surface area (Å²) < 4.78 is 5.32. The first-order chi connectivity index (χ1) is 9.71. The molecule has 0 aromatic heterocycles. The van der Waals surface area contributed by atoms with Gasteiger partial charge in [0.2, 0.25) is 0 Å². The fraction of sp³-hybridized carbons (Fsp3) is 0.500. The van der Waals surface area contributed by atoms with E-state index in [-0.39, 0.29) is 12.0 Å². The molecule has 1 fully saturated rings. The molecule has 0 radical (unpaired) electrons. The highest BCUT2D eigenvalue weighted by Crippen LogP contribution is 2.32. The molecule has 1 aromatic rings. The average molecular weight is 310 g/mol. The molecular formula is C16H20ClNO3. The van der Waals surface area contributed by atoms with Crippen LogP contribution in [0.5, 0.6) is 0 Å². The largest absolute Gasteiger partial charge is 0.444 e. The van der Waals surface area contributed by atoms with E-state index in [9.17, 15) is 9.59 Å². The maximum absolute atomic E-state index is 11.9. The van der Waals surface area contributed by atoms with Gasteiger partial charge in [-0.05, 0) is 44.9 Å². The van der Waals surface area contributed by atoms with Gasteiger partial charge in [-0.3, -0.25) is 4.79 Å². The summed E-state index contributed by atoms with van der Waals surface area (Å²) in [7, 11) is 0. The van der Waals surface area contributed by atoms with Crippen LogP contribution >= 0.6 is 11.6 Å². The number of carbonyl (C=O) groups is 2. The van der Waals surface area contributed by atoms with E-state index in [1.165, 1.54) is 0 Å². The minimum atomic E-state index is -0.478. The van der Waals surface area contributed by atoms with E-state index in [0.29, 0.717) is 23.7 Å². The molecule has 0 bridgehead atoms. The van der Waals surface area contributed by atoms with Gasteiger partial charge in [-0.25, -0.2) is 4.79 Å². The Morgan fingerprint density at radius 3 is 2.48 bits per heavy atom. The molecule has 114 valence electrons. The first kappa shape index (κ1) is 15.8.